The zero-order valence-corrected chi connectivity index (χ0v) is 17.0. The van der Waals surface area contributed by atoms with Crippen molar-refractivity contribution in [2.75, 3.05) is 37.6 Å². The molecule has 1 aromatic heterocycles. The van der Waals surface area contributed by atoms with Crippen molar-refractivity contribution in [2.24, 2.45) is 16.8 Å². The van der Waals surface area contributed by atoms with Crippen molar-refractivity contribution in [1.82, 2.24) is 14.9 Å². The maximum atomic E-state index is 10.0. The van der Waals surface area contributed by atoms with E-state index in [0.29, 0.717) is 12.4 Å². The Hall–Kier alpha value is -2.84. The van der Waals surface area contributed by atoms with Gasteiger partial charge in [-0.25, -0.2) is 5.84 Å². The van der Waals surface area contributed by atoms with Crippen molar-refractivity contribution < 1.29 is 5.11 Å². The number of phenols is 1. The van der Waals surface area contributed by atoms with E-state index in [1.54, 1.807) is 17.1 Å². The van der Waals surface area contributed by atoms with Gasteiger partial charge >= 0.3 is 0 Å². The molecule has 1 atom stereocenters. The highest BCUT2D eigenvalue weighted by Gasteiger charge is 2.31. The molecule has 1 fully saturated rings. The smallest absolute Gasteiger partial charge is 0.160 e. The molecule has 2 aromatic rings. The van der Waals surface area contributed by atoms with Crippen molar-refractivity contribution >= 4 is 11.5 Å². The number of piperazine rings is 1. The van der Waals surface area contributed by atoms with Gasteiger partial charge in [-0.2, -0.15) is 5.10 Å². The average molecular weight is 398 g/mol. The van der Waals surface area contributed by atoms with Crippen LogP contribution in [0.5, 0.6) is 5.75 Å². The van der Waals surface area contributed by atoms with Crippen LogP contribution in [-0.4, -0.2) is 58.6 Å². The van der Waals surface area contributed by atoms with Crippen molar-refractivity contribution in [3.8, 4) is 5.75 Å². The number of rotatable bonds is 7. The summed E-state index contributed by atoms with van der Waals surface area (Å²) in [6, 6.07) is 11.1. The zero-order valence-electron chi connectivity index (χ0n) is 17.0. The Labute approximate surface area is 172 Å². The molecule has 3 rings (SSSR count). The number of hydrogen-bond acceptors (Lipinski definition) is 7. The number of hydrazine groups is 1. The second kappa shape index (κ2) is 10.1. The van der Waals surface area contributed by atoms with Crippen LogP contribution in [0.3, 0.4) is 0 Å². The van der Waals surface area contributed by atoms with Gasteiger partial charge in [-0.05, 0) is 36.2 Å². The summed E-state index contributed by atoms with van der Waals surface area (Å²) in [5.41, 5.74) is 2.10. The third-order valence-electron chi connectivity index (χ3n) is 5.32. The largest absolute Gasteiger partial charge is 0.508 e. The molecule has 156 valence electrons. The molecule has 0 saturated carbocycles. The lowest BCUT2D eigenvalue weighted by atomic mass is 10.0. The summed E-state index contributed by atoms with van der Waals surface area (Å²) in [6.07, 6.45) is 5.62. The first-order valence-electron chi connectivity index (χ1n) is 10.1. The molecular weight excluding hydrogens is 366 g/mol. The first-order chi connectivity index (χ1) is 14.1. The van der Waals surface area contributed by atoms with Crippen LogP contribution in [0.25, 0.3) is 0 Å². The number of amidine groups is 1. The summed E-state index contributed by atoms with van der Waals surface area (Å²) in [6.45, 7) is 6.19. The van der Waals surface area contributed by atoms with Crippen LogP contribution in [-0.2, 0) is 0 Å². The van der Waals surface area contributed by atoms with Gasteiger partial charge in [0.05, 0.1) is 6.04 Å². The maximum absolute atomic E-state index is 10.0. The highest BCUT2D eigenvalue weighted by Crippen LogP contribution is 2.28. The fraction of sp³-hybridized carbons (Fsp3) is 0.429. The van der Waals surface area contributed by atoms with E-state index in [1.165, 1.54) is 5.69 Å². The van der Waals surface area contributed by atoms with Crippen LogP contribution in [0.15, 0.2) is 53.9 Å². The summed E-state index contributed by atoms with van der Waals surface area (Å²) < 4.78 is 0. The van der Waals surface area contributed by atoms with Crippen molar-refractivity contribution in [3.05, 3.63) is 54.4 Å². The van der Waals surface area contributed by atoms with E-state index < -0.39 is 0 Å². The van der Waals surface area contributed by atoms with Gasteiger partial charge in [-0.1, -0.05) is 25.5 Å². The molecule has 0 aliphatic carbocycles. The van der Waals surface area contributed by atoms with Crippen LogP contribution >= 0.6 is 0 Å². The summed E-state index contributed by atoms with van der Waals surface area (Å²) in [4.78, 5) is 8.76. The summed E-state index contributed by atoms with van der Waals surface area (Å²) in [5.74, 6) is 13.0. The van der Waals surface area contributed by atoms with Crippen LogP contribution in [0.4, 0.5) is 5.69 Å². The second-order valence-corrected chi connectivity index (χ2v) is 7.26. The number of nitrogens with two attached hydrogens (primary N) is 2. The molecule has 1 aliphatic rings. The van der Waals surface area contributed by atoms with E-state index >= 15 is 0 Å². The monoisotopic (exact) mass is 397 g/mol. The molecule has 1 unspecified atom stereocenters. The Morgan fingerprint density at radius 3 is 2.55 bits per heavy atom. The van der Waals surface area contributed by atoms with E-state index in [1.807, 2.05) is 36.7 Å². The van der Waals surface area contributed by atoms with Gasteiger partial charge in [0, 0.05) is 50.8 Å². The van der Waals surface area contributed by atoms with Gasteiger partial charge in [0.1, 0.15) is 5.75 Å². The van der Waals surface area contributed by atoms with Gasteiger partial charge < -0.3 is 15.8 Å². The Kier molecular flexibility index (Phi) is 7.26. The topological polar surface area (TPSA) is 107 Å². The first-order valence-corrected chi connectivity index (χ1v) is 10.1. The fourth-order valence-electron chi connectivity index (χ4n) is 3.76. The highest BCUT2D eigenvalue weighted by molar-refractivity contribution is 5.88. The molecule has 8 heteroatoms. The molecule has 8 nitrogen and oxygen atoms in total. The predicted octanol–water partition coefficient (Wildman–Crippen LogP) is 1.90. The van der Waals surface area contributed by atoms with E-state index in [2.05, 4.69) is 26.8 Å². The number of phenolic OH excluding ortho intramolecular Hbond substituents is 1. The molecule has 5 N–H and O–H groups in total. The minimum atomic E-state index is -0.214. The quantitative estimate of drug-likeness (QED) is 0.283. The maximum Gasteiger partial charge on any atom is 0.160 e. The molecule has 1 aromatic carbocycles. The van der Waals surface area contributed by atoms with Gasteiger partial charge in [0.25, 0.3) is 0 Å². The van der Waals surface area contributed by atoms with Crippen LogP contribution < -0.4 is 16.6 Å². The van der Waals surface area contributed by atoms with Crippen molar-refractivity contribution in [1.29, 1.82) is 0 Å². The molecule has 0 bridgehead atoms. The number of nitrogens with zero attached hydrogens (tertiary/aromatic N) is 5. The fourth-order valence-corrected chi connectivity index (χ4v) is 3.76. The summed E-state index contributed by atoms with van der Waals surface area (Å²) in [5, 5.41) is 15.8. The summed E-state index contributed by atoms with van der Waals surface area (Å²) in [7, 11) is 0. The predicted molar refractivity (Wildman–Crippen MR) is 116 cm³/mol. The molecule has 0 radical (unpaired) electrons. The van der Waals surface area contributed by atoms with Gasteiger partial charge in [0.2, 0.25) is 0 Å². The number of unbranched alkanes of at least 4 members (excludes halogenated alkanes) is 1. The number of hydrogen-bond donors (Lipinski definition) is 3. The number of anilines is 1. The van der Waals surface area contributed by atoms with E-state index in [0.717, 1.165) is 44.6 Å². The average Bonchev–Trinajstić information content (AvgIpc) is 2.76. The number of aromatic nitrogens is 1. The third-order valence-corrected chi connectivity index (χ3v) is 5.32. The lowest BCUT2D eigenvalue weighted by molar-refractivity contribution is 0.213. The Balaban J connectivity index is 1.82. The zero-order chi connectivity index (χ0) is 20.6. The van der Waals surface area contributed by atoms with Crippen molar-refractivity contribution in [2.45, 2.75) is 25.8 Å². The Morgan fingerprint density at radius 1 is 1.21 bits per heavy atom. The SMILES string of the molecule is CCCCN(N)/C(=N\N)C(c1cccc(O)c1)N1CCN(c2ccncc2)CC1. The minimum absolute atomic E-state index is 0.214. The van der Waals surface area contributed by atoms with Crippen molar-refractivity contribution in [3.63, 3.8) is 0 Å². The van der Waals surface area contributed by atoms with Crippen LogP contribution in [0.1, 0.15) is 31.4 Å². The normalized spacial score (nSPS) is 16.6. The van der Waals surface area contributed by atoms with Crippen LogP contribution in [0, 0.1) is 0 Å². The lowest BCUT2D eigenvalue weighted by Gasteiger charge is -2.41. The molecule has 2 heterocycles. The molecule has 29 heavy (non-hydrogen) atoms. The number of pyridine rings is 1. The van der Waals surface area contributed by atoms with E-state index in [9.17, 15) is 5.11 Å². The number of hydrazone groups is 1. The Morgan fingerprint density at radius 2 is 1.93 bits per heavy atom. The van der Waals surface area contributed by atoms with Crippen LogP contribution in [0.2, 0.25) is 0 Å². The summed E-state index contributed by atoms with van der Waals surface area (Å²) >= 11 is 0. The highest BCUT2D eigenvalue weighted by atomic mass is 16.3. The van der Waals surface area contributed by atoms with E-state index in [4.69, 9.17) is 11.7 Å². The molecular formula is C21H31N7O. The third kappa shape index (κ3) is 5.16. The molecule has 1 saturated heterocycles. The lowest BCUT2D eigenvalue weighted by Crippen LogP contribution is -2.53. The second-order valence-electron chi connectivity index (χ2n) is 7.26. The first kappa shape index (κ1) is 20.9. The Bertz CT molecular complexity index is 791. The molecule has 0 amide bonds. The molecule has 1 aliphatic heterocycles. The standard InChI is InChI=1S/C21H31N7O/c1-2-3-11-28(23)21(25-22)20(17-5-4-6-19(29)16-17)27-14-12-26(13-15-27)18-7-9-24-10-8-18/h4-10,16,20,29H,2-3,11-15,22-23H2,1H3/b25-21-. The molecule has 0 spiro atoms. The van der Waals surface area contributed by atoms with Gasteiger partial charge in [0.15, 0.2) is 5.84 Å². The minimum Gasteiger partial charge on any atom is -0.508 e. The number of aromatic hydroxyl groups is 1. The van der Waals surface area contributed by atoms with Gasteiger partial charge in [-0.15, -0.1) is 0 Å². The van der Waals surface area contributed by atoms with E-state index in [-0.39, 0.29) is 11.8 Å². The van der Waals surface area contributed by atoms with Gasteiger partial charge in [-0.3, -0.25) is 14.9 Å². The number of benzene rings is 1.